The molecule has 1 aromatic carbocycles. The zero-order valence-electron chi connectivity index (χ0n) is 14.5. The van der Waals surface area contributed by atoms with Gasteiger partial charge in [-0.1, -0.05) is 12.1 Å². The van der Waals surface area contributed by atoms with Gasteiger partial charge < -0.3 is 15.7 Å². The number of likely N-dealkylation sites (tertiary alicyclic amines) is 1. The zero-order valence-corrected chi connectivity index (χ0v) is 14.5. The van der Waals surface area contributed by atoms with Gasteiger partial charge in [-0.15, -0.1) is 0 Å². The number of nitrogen functional groups attached to an aromatic ring is 1. The summed E-state index contributed by atoms with van der Waals surface area (Å²) >= 11 is 0. The Hall–Kier alpha value is -2.12. The van der Waals surface area contributed by atoms with Crippen LogP contribution >= 0.6 is 0 Å². The third-order valence-corrected chi connectivity index (χ3v) is 5.28. The summed E-state index contributed by atoms with van der Waals surface area (Å²) < 4.78 is 0. The maximum Gasteiger partial charge on any atom is 0.317 e. The number of benzene rings is 1. The minimum absolute atomic E-state index is 0.115. The van der Waals surface area contributed by atoms with Gasteiger partial charge in [-0.3, -0.25) is 20.0 Å². The largest absolute Gasteiger partial charge is 0.480 e. The van der Waals surface area contributed by atoms with E-state index in [2.05, 4.69) is 9.80 Å². The molecule has 2 aliphatic rings. The number of aliphatic carboxylic acids is 1. The second-order valence-corrected chi connectivity index (χ2v) is 6.85. The van der Waals surface area contributed by atoms with Gasteiger partial charge >= 0.3 is 5.97 Å². The molecule has 3 rings (SSSR count). The first-order valence-corrected chi connectivity index (χ1v) is 8.91. The molecule has 0 aliphatic carbocycles. The molecule has 0 saturated carbocycles. The molecule has 0 spiro atoms. The fraction of sp³-hybridized carbons (Fsp3) is 0.556. The summed E-state index contributed by atoms with van der Waals surface area (Å²) in [4.78, 5) is 17.7. The van der Waals surface area contributed by atoms with Crippen LogP contribution in [0.2, 0.25) is 0 Å². The number of rotatable bonds is 5. The molecule has 2 heterocycles. The summed E-state index contributed by atoms with van der Waals surface area (Å²) in [5, 5.41) is 16.7. The van der Waals surface area contributed by atoms with E-state index in [1.54, 1.807) is 0 Å². The number of hydrogen-bond donors (Lipinski definition) is 3. The molecule has 2 fully saturated rings. The van der Waals surface area contributed by atoms with Crippen molar-refractivity contribution >= 4 is 17.5 Å². The number of amidine groups is 1. The van der Waals surface area contributed by atoms with E-state index in [0.717, 1.165) is 63.4 Å². The Morgan fingerprint density at radius 1 is 1.12 bits per heavy atom. The van der Waals surface area contributed by atoms with Crippen LogP contribution in [0.25, 0.3) is 0 Å². The number of hydrogen-bond acceptors (Lipinski definition) is 5. The monoisotopic (exact) mass is 345 g/mol. The summed E-state index contributed by atoms with van der Waals surface area (Å²) in [6.07, 6.45) is 2.08. The molecule has 0 radical (unpaired) electrons. The van der Waals surface area contributed by atoms with Gasteiger partial charge in [-0.05, 0) is 25.0 Å². The number of nitrogens with two attached hydrogens (primary N) is 1. The number of piperazine rings is 1. The lowest BCUT2D eigenvalue weighted by Crippen LogP contribution is -2.53. The van der Waals surface area contributed by atoms with Gasteiger partial charge in [0.05, 0.1) is 6.54 Å². The number of nitrogens with zero attached hydrogens (tertiary/aromatic N) is 3. The van der Waals surface area contributed by atoms with Crippen molar-refractivity contribution in [3.63, 3.8) is 0 Å². The minimum Gasteiger partial charge on any atom is -0.480 e. The van der Waals surface area contributed by atoms with Crippen LogP contribution in [-0.4, -0.2) is 78.6 Å². The summed E-state index contributed by atoms with van der Waals surface area (Å²) in [5.41, 5.74) is 7.56. The lowest BCUT2D eigenvalue weighted by Gasteiger charge is -2.43. The highest BCUT2D eigenvalue weighted by Gasteiger charge is 2.28. The van der Waals surface area contributed by atoms with Crippen molar-refractivity contribution in [2.24, 2.45) is 5.73 Å². The Labute approximate surface area is 148 Å². The molecule has 0 bridgehead atoms. The third-order valence-electron chi connectivity index (χ3n) is 5.28. The van der Waals surface area contributed by atoms with Crippen LogP contribution in [0.15, 0.2) is 24.3 Å². The molecule has 0 amide bonds. The number of carboxylic acids is 1. The number of anilines is 1. The van der Waals surface area contributed by atoms with Crippen molar-refractivity contribution in [2.75, 3.05) is 50.7 Å². The van der Waals surface area contributed by atoms with E-state index in [1.165, 1.54) is 0 Å². The van der Waals surface area contributed by atoms with Crippen molar-refractivity contribution in [1.82, 2.24) is 9.80 Å². The van der Waals surface area contributed by atoms with E-state index in [-0.39, 0.29) is 12.4 Å². The standard InChI is InChI=1S/C18H27N5O2/c19-18(20)15-3-1-2-4-16(15)23-11-9-22(10-12-23)14-5-7-21(8-6-14)13-17(24)25/h1-4,14H,5-13H2,(H3,19,20)(H,24,25). The normalized spacial score (nSPS) is 20.6. The number of piperidine rings is 1. The van der Waals surface area contributed by atoms with Gasteiger partial charge in [0.15, 0.2) is 0 Å². The molecule has 1 aromatic rings. The van der Waals surface area contributed by atoms with Crippen LogP contribution in [0.5, 0.6) is 0 Å². The molecule has 0 atom stereocenters. The highest BCUT2D eigenvalue weighted by atomic mass is 16.4. The summed E-state index contributed by atoms with van der Waals surface area (Å²) in [7, 11) is 0. The van der Waals surface area contributed by atoms with E-state index in [4.69, 9.17) is 16.2 Å². The quantitative estimate of drug-likeness (QED) is 0.535. The Morgan fingerprint density at radius 3 is 2.36 bits per heavy atom. The van der Waals surface area contributed by atoms with E-state index < -0.39 is 5.97 Å². The maximum absolute atomic E-state index is 10.8. The lowest BCUT2D eigenvalue weighted by molar-refractivity contribution is -0.138. The molecule has 2 aliphatic heterocycles. The van der Waals surface area contributed by atoms with Crippen molar-refractivity contribution in [1.29, 1.82) is 5.41 Å². The fourth-order valence-electron chi connectivity index (χ4n) is 3.94. The molecule has 25 heavy (non-hydrogen) atoms. The molecule has 7 heteroatoms. The smallest absolute Gasteiger partial charge is 0.317 e. The summed E-state index contributed by atoms with van der Waals surface area (Å²) in [5.74, 6) is -0.625. The van der Waals surface area contributed by atoms with Gasteiger partial charge in [-0.2, -0.15) is 0 Å². The number of para-hydroxylation sites is 1. The molecule has 2 saturated heterocycles. The van der Waals surface area contributed by atoms with Crippen LogP contribution in [0.4, 0.5) is 5.69 Å². The predicted octanol–water partition coefficient (Wildman–Crippen LogP) is 0.642. The second kappa shape index (κ2) is 7.84. The van der Waals surface area contributed by atoms with Gasteiger partial charge in [0, 0.05) is 56.6 Å². The number of nitrogens with one attached hydrogen (secondary N) is 1. The van der Waals surface area contributed by atoms with Gasteiger partial charge in [-0.25, -0.2) is 0 Å². The SMILES string of the molecule is N=C(N)c1ccccc1N1CCN(C2CCN(CC(=O)O)CC2)CC1. The summed E-state index contributed by atoms with van der Waals surface area (Å²) in [6, 6.07) is 8.41. The predicted molar refractivity (Wildman–Crippen MR) is 98.3 cm³/mol. The average Bonchev–Trinajstić information content (AvgIpc) is 2.62. The maximum atomic E-state index is 10.8. The van der Waals surface area contributed by atoms with Crippen LogP contribution in [0.3, 0.4) is 0 Å². The summed E-state index contributed by atoms with van der Waals surface area (Å²) in [6.45, 7) is 5.74. The number of carboxylic acid groups (broad SMARTS) is 1. The minimum atomic E-state index is -0.740. The van der Waals surface area contributed by atoms with Gasteiger partial charge in [0.2, 0.25) is 0 Å². The highest BCUT2D eigenvalue weighted by Crippen LogP contribution is 2.24. The third kappa shape index (κ3) is 4.29. The molecule has 136 valence electrons. The number of carbonyl (C=O) groups is 1. The van der Waals surface area contributed by atoms with Crippen LogP contribution in [-0.2, 0) is 4.79 Å². The Morgan fingerprint density at radius 2 is 1.76 bits per heavy atom. The molecule has 0 unspecified atom stereocenters. The first kappa shape index (κ1) is 17.7. The molecule has 7 nitrogen and oxygen atoms in total. The topological polar surface area (TPSA) is 96.9 Å². The van der Waals surface area contributed by atoms with E-state index >= 15 is 0 Å². The van der Waals surface area contributed by atoms with Crippen molar-refractivity contribution in [3.8, 4) is 0 Å². The average molecular weight is 345 g/mol. The molecular weight excluding hydrogens is 318 g/mol. The van der Waals surface area contributed by atoms with Crippen LogP contribution in [0.1, 0.15) is 18.4 Å². The van der Waals surface area contributed by atoms with E-state index in [1.807, 2.05) is 29.2 Å². The van der Waals surface area contributed by atoms with E-state index in [0.29, 0.717) is 6.04 Å². The molecule has 4 N–H and O–H groups in total. The van der Waals surface area contributed by atoms with Gasteiger partial charge in [0.1, 0.15) is 5.84 Å². The molecular formula is C18H27N5O2. The first-order valence-electron chi connectivity index (χ1n) is 8.91. The Bertz CT molecular complexity index is 620. The first-order chi connectivity index (χ1) is 12.0. The van der Waals surface area contributed by atoms with Crippen LogP contribution in [0, 0.1) is 5.41 Å². The Balaban J connectivity index is 1.53. The lowest BCUT2D eigenvalue weighted by atomic mass is 10.0. The van der Waals surface area contributed by atoms with Gasteiger partial charge in [0.25, 0.3) is 0 Å². The second-order valence-electron chi connectivity index (χ2n) is 6.85. The fourth-order valence-corrected chi connectivity index (χ4v) is 3.94. The van der Waals surface area contributed by atoms with Crippen LogP contribution < -0.4 is 10.6 Å². The van der Waals surface area contributed by atoms with Crippen molar-refractivity contribution in [2.45, 2.75) is 18.9 Å². The molecule has 0 aromatic heterocycles. The van der Waals surface area contributed by atoms with Crippen molar-refractivity contribution in [3.05, 3.63) is 29.8 Å². The zero-order chi connectivity index (χ0) is 17.8. The highest BCUT2D eigenvalue weighted by molar-refractivity contribution is 6.00. The Kier molecular flexibility index (Phi) is 5.55. The van der Waals surface area contributed by atoms with Crippen molar-refractivity contribution < 1.29 is 9.90 Å². The van der Waals surface area contributed by atoms with E-state index in [9.17, 15) is 4.79 Å².